The van der Waals surface area contributed by atoms with Crippen molar-refractivity contribution in [3.05, 3.63) is 404 Å². The number of hydrogen-bond donors (Lipinski definition) is 0. The summed E-state index contributed by atoms with van der Waals surface area (Å²) in [6, 6.07) is 141. The fourth-order valence-corrected chi connectivity index (χ4v) is 17.6. The third-order valence-electron chi connectivity index (χ3n) is 22.7. The van der Waals surface area contributed by atoms with Gasteiger partial charge in [-0.2, -0.15) is 0 Å². The first-order valence-electron chi connectivity index (χ1n) is 37.7. The number of rotatable bonds is 17. The number of anilines is 9. The van der Waals surface area contributed by atoms with Crippen LogP contribution in [0.2, 0.25) is 0 Å². The van der Waals surface area contributed by atoms with E-state index < -0.39 is 0 Å². The van der Waals surface area contributed by atoms with Crippen LogP contribution in [-0.2, 0) is 33.2 Å². The van der Waals surface area contributed by atoms with Gasteiger partial charge >= 0.3 is 0 Å². The van der Waals surface area contributed by atoms with Crippen molar-refractivity contribution in [3.8, 4) is 0 Å². The third kappa shape index (κ3) is 10.9. The summed E-state index contributed by atoms with van der Waals surface area (Å²) in [5.41, 5.74) is 26.6. The van der Waals surface area contributed by atoms with Gasteiger partial charge in [0.1, 0.15) is 0 Å². The van der Waals surface area contributed by atoms with Crippen LogP contribution in [0.3, 0.4) is 0 Å². The summed E-state index contributed by atoms with van der Waals surface area (Å²) < 4.78 is 12.2. The Bertz CT molecular complexity index is 6890. The van der Waals surface area contributed by atoms with Gasteiger partial charge in [0, 0.05) is 193 Å². The summed E-state index contributed by atoms with van der Waals surface area (Å²) >= 11 is 0. The Morgan fingerprint density at radius 1 is 0.165 bits per heavy atom. The predicted molar refractivity (Wildman–Crippen MR) is 459 cm³/mol. The smallest absolute Gasteiger partial charge is 0.0496 e. The molecule has 8 heteroatoms. The van der Waals surface area contributed by atoms with E-state index in [0.29, 0.717) is 0 Å². The molecule has 0 bridgehead atoms. The highest BCUT2D eigenvalue weighted by molar-refractivity contribution is 6.15. The van der Waals surface area contributed by atoms with E-state index in [2.05, 4.69) is 427 Å². The second-order valence-corrected chi connectivity index (χ2v) is 29.0. The van der Waals surface area contributed by atoms with Crippen LogP contribution in [0.5, 0.6) is 0 Å². The van der Waals surface area contributed by atoms with Gasteiger partial charge in [0.2, 0.25) is 0 Å². The summed E-state index contributed by atoms with van der Waals surface area (Å²) in [6.07, 6.45) is 0. The van der Waals surface area contributed by atoms with Crippen molar-refractivity contribution in [2.75, 3.05) is 14.7 Å². The van der Waals surface area contributed by atoms with Crippen LogP contribution in [0, 0.1) is 0 Å². The molecular weight excluding hydrogens is 1330 g/mol. The van der Waals surface area contributed by atoms with Gasteiger partial charge in [-0.1, -0.05) is 212 Å². The molecule has 0 saturated heterocycles. The average Bonchev–Trinajstić information content (AvgIpc) is 1.68. The quantitative estimate of drug-likeness (QED) is 0.0911. The highest BCUT2D eigenvalue weighted by Gasteiger charge is 2.25. The predicted octanol–water partition coefficient (Wildman–Crippen LogP) is 26.4. The minimum atomic E-state index is 0.755. The molecule has 0 aliphatic carbocycles. The van der Waals surface area contributed by atoms with E-state index in [1.54, 1.807) is 0 Å². The molecule has 5 heterocycles. The standard InChI is InChI=1S/C101H74N8/c1-102-92-37-19-14-32-82(92)87-60-78(50-55-93(87)102)108(79-52-57-99-89(62-79)84-34-16-21-39-95(84)104(99)66-70-26-8-3-9-27-70)75-46-42-73(43-47-75)107(77-51-56-98-88(61-77)83-33-15-20-38-94(83)103(98)65-69-24-6-2-7-25-69)74-44-48-76(49-45-74)109(80-53-58-100-90(63-80)85-35-17-22-40-96(85)105(100)67-71-28-10-4-11-29-71)81-54-59-101-91(64-81)86-36-18-23-41-97(86)106(101)68-72-30-12-5-13-31-72/h2-64H,65-68H2,1H3. The fraction of sp³-hybridized carbons (Fsp3) is 0.0495. The van der Waals surface area contributed by atoms with Gasteiger partial charge in [-0.3, -0.25) is 0 Å². The monoisotopic (exact) mass is 1400 g/mol. The Balaban J connectivity index is 0.736. The second kappa shape index (κ2) is 26.2. The fourth-order valence-electron chi connectivity index (χ4n) is 17.6. The second-order valence-electron chi connectivity index (χ2n) is 29.0. The van der Waals surface area contributed by atoms with Crippen molar-refractivity contribution in [3.63, 3.8) is 0 Å². The van der Waals surface area contributed by atoms with Crippen LogP contribution in [0.1, 0.15) is 22.3 Å². The van der Waals surface area contributed by atoms with Crippen LogP contribution in [-0.4, -0.2) is 22.8 Å². The van der Waals surface area contributed by atoms with Crippen LogP contribution < -0.4 is 14.7 Å². The number of aryl methyl sites for hydroxylation is 1. The molecule has 0 aliphatic rings. The average molecular weight is 1400 g/mol. The Labute approximate surface area is 631 Å². The zero-order valence-electron chi connectivity index (χ0n) is 60.3. The summed E-state index contributed by atoms with van der Waals surface area (Å²) in [5, 5.41) is 12.2. The van der Waals surface area contributed by atoms with Gasteiger partial charge in [0.15, 0.2) is 0 Å². The molecule has 109 heavy (non-hydrogen) atoms. The lowest BCUT2D eigenvalue weighted by Crippen LogP contribution is -2.13. The lowest BCUT2D eigenvalue weighted by Gasteiger charge is -2.30. The van der Waals surface area contributed by atoms with E-state index in [-0.39, 0.29) is 0 Å². The van der Waals surface area contributed by atoms with Gasteiger partial charge in [-0.05, 0) is 192 Å². The van der Waals surface area contributed by atoms with Gasteiger partial charge in [-0.15, -0.1) is 0 Å². The summed E-state index contributed by atoms with van der Waals surface area (Å²) in [4.78, 5) is 7.36. The molecule has 8 nitrogen and oxygen atoms in total. The van der Waals surface area contributed by atoms with E-state index in [0.717, 1.165) is 77.4 Å². The molecule has 0 spiro atoms. The lowest BCUT2D eigenvalue weighted by molar-refractivity contribution is 0.869. The molecule has 0 fully saturated rings. The van der Waals surface area contributed by atoms with E-state index >= 15 is 0 Å². The molecule has 21 rings (SSSR count). The maximum atomic E-state index is 2.48. The van der Waals surface area contributed by atoms with Crippen LogP contribution in [0.15, 0.2) is 382 Å². The van der Waals surface area contributed by atoms with Crippen molar-refractivity contribution >= 4 is 160 Å². The number of nitrogens with zero attached hydrogens (tertiary/aromatic N) is 8. The topological polar surface area (TPSA) is 34.4 Å². The van der Waals surface area contributed by atoms with Gasteiger partial charge in [0.05, 0.1) is 0 Å². The van der Waals surface area contributed by atoms with Gasteiger partial charge in [0.25, 0.3) is 0 Å². The van der Waals surface area contributed by atoms with E-state index in [1.807, 2.05) is 0 Å². The Kier molecular flexibility index (Phi) is 15.2. The van der Waals surface area contributed by atoms with Crippen molar-refractivity contribution in [1.29, 1.82) is 0 Å². The van der Waals surface area contributed by atoms with Crippen molar-refractivity contribution < 1.29 is 0 Å². The number of benzene rings is 16. The molecule has 0 radical (unpaired) electrons. The molecule has 518 valence electrons. The maximum absolute atomic E-state index is 2.48. The summed E-state index contributed by atoms with van der Waals surface area (Å²) in [6.45, 7) is 3.05. The van der Waals surface area contributed by atoms with Crippen molar-refractivity contribution in [2.45, 2.75) is 26.2 Å². The summed E-state index contributed by atoms with van der Waals surface area (Å²) in [5.74, 6) is 0. The summed E-state index contributed by atoms with van der Waals surface area (Å²) in [7, 11) is 2.18. The largest absolute Gasteiger partial charge is 0.344 e. The zero-order valence-corrected chi connectivity index (χ0v) is 60.3. The van der Waals surface area contributed by atoms with E-state index in [1.165, 1.54) is 131 Å². The minimum Gasteiger partial charge on any atom is -0.344 e. The van der Waals surface area contributed by atoms with Crippen molar-refractivity contribution in [1.82, 2.24) is 22.8 Å². The molecular formula is C101H74N8. The molecule has 21 aromatic rings. The first-order valence-corrected chi connectivity index (χ1v) is 37.7. The minimum absolute atomic E-state index is 0.755. The molecule has 5 aromatic heterocycles. The van der Waals surface area contributed by atoms with Gasteiger partial charge in [-0.25, -0.2) is 0 Å². The number of fused-ring (bicyclic) bond motifs is 15. The normalized spacial score (nSPS) is 11.9. The molecule has 0 atom stereocenters. The Morgan fingerprint density at radius 2 is 0.339 bits per heavy atom. The third-order valence-corrected chi connectivity index (χ3v) is 22.7. The Morgan fingerprint density at radius 3 is 0.606 bits per heavy atom. The zero-order chi connectivity index (χ0) is 72.0. The first kappa shape index (κ1) is 63.4. The SMILES string of the molecule is Cn1c2ccccc2c2cc(N(c3ccc(N(c4ccc(N(c5ccc6c(c5)c5ccccc5n6Cc5ccccc5)c5ccc6c(c5)c5ccccc5n6Cc5ccccc5)cc4)c4ccc5c(c4)c4ccccc4n5Cc4ccccc4)cc3)c3ccc4c(c3)c3ccccc3n4Cc3ccccc3)ccc21. The van der Waals surface area contributed by atoms with E-state index in [9.17, 15) is 0 Å². The van der Waals surface area contributed by atoms with E-state index in [4.69, 9.17) is 0 Å². The Hall–Kier alpha value is -14.1. The van der Waals surface area contributed by atoms with Crippen LogP contribution in [0.25, 0.3) is 109 Å². The molecule has 0 saturated carbocycles. The molecule has 0 amide bonds. The number of aromatic nitrogens is 5. The van der Waals surface area contributed by atoms with Gasteiger partial charge < -0.3 is 37.5 Å². The molecule has 0 unspecified atom stereocenters. The first-order chi connectivity index (χ1) is 54.0. The lowest BCUT2D eigenvalue weighted by atomic mass is 10.1. The molecule has 0 aliphatic heterocycles. The number of hydrogen-bond acceptors (Lipinski definition) is 3. The van der Waals surface area contributed by atoms with Crippen LogP contribution >= 0.6 is 0 Å². The highest BCUT2D eigenvalue weighted by Crippen LogP contribution is 2.47. The highest BCUT2D eigenvalue weighted by atomic mass is 15.2. The maximum Gasteiger partial charge on any atom is 0.0496 e. The molecule has 16 aromatic carbocycles. The van der Waals surface area contributed by atoms with Crippen molar-refractivity contribution in [2.24, 2.45) is 7.05 Å². The molecule has 0 N–H and O–H groups in total. The number of para-hydroxylation sites is 5. The van der Waals surface area contributed by atoms with Crippen LogP contribution in [0.4, 0.5) is 51.2 Å².